The van der Waals surface area contributed by atoms with Crippen molar-refractivity contribution in [2.24, 2.45) is 0 Å². The molecule has 3 aromatic rings. The van der Waals surface area contributed by atoms with Gasteiger partial charge in [-0.3, -0.25) is 9.59 Å². The highest BCUT2D eigenvalue weighted by Crippen LogP contribution is 2.42. The van der Waals surface area contributed by atoms with Crippen molar-refractivity contribution in [1.29, 1.82) is 0 Å². The van der Waals surface area contributed by atoms with Crippen molar-refractivity contribution in [1.82, 2.24) is 4.90 Å². The molecule has 1 amide bonds. The van der Waals surface area contributed by atoms with Gasteiger partial charge in [0.05, 0.1) is 31.9 Å². The molecule has 1 saturated heterocycles. The Bertz CT molecular complexity index is 1330. The summed E-state index contributed by atoms with van der Waals surface area (Å²) in [4.78, 5) is 28.4. The van der Waals surface area contributed by atoms with Crippen molar-refractivity contribution in [3.63, 3.8) is 0 Å². The quantitative estimate of drug-likeness (QED) is 0.117. The minimum absolute atomic E-state index is 0.0438. The Hall–Kier alpha value is -4.26. The maximum absolute atomic E-state index is 13.4. The normalized spacial score (nSPS) is 16.3. The van der Waals surface area contributed by atoms with Gasteiger partial charge in [-0.25, -0.2) is 0 Å². The summed E-state index contributed by atoms with van der Waals surface area (Å²) in [5, 5.41) is 11.4. The van der Waals surface area contributed by atoms with Crippen LogP contribution in [0.4, 0.5) is 0 Å². The molecule has 210 valence electrons. The molecule has 1 atom stereocenters. The van der Waals surface area contributed by atoms with Crippen LogP contribution >= 0.6 is 0 Å². The van der Waals surface area contributed by atoms with Gasteiger partial charge in [0, 0.05) is 12.1 Å². The number of unbranched alkanes of at least 4 members (excludes halogenated alkanes) is 2. The molecule has 7 nitrogen and oxygen atoms in total. The van der Waals surface area contributed by atoms with Crippen LogP contribution in [0.25, 0.3) is 5.76 Å². The molecule has 1 aliphatic rings. The number of likely N-dealkylation sites (tertiary alicyclic amines) is 1. The SMILES string of the molecule is CCCCCOc1ccc(C2C(=C(O)c3ccc(OC)cc3)C(=O)C(=O)N2CCc2ccccc2)cc1OCC. The zero-order valence-electron chi connectivity index (χ0n) is 23.4. The van der Waals surface area contributed by atoms with E-state index in [0.717, 1.165) is 24.8 Å². The first kappa shape index (κ1) is 28.7. The van der Waals surface area contributed by atoms with Gasteiger partial charge < -0.3 is 24.2 Å². The summed E-state index contributed by atoms with van der Waals surface area (Å²) in [5.74, 6) is 0.170. The molecule has 0 bridgehead atoms. The number of ketones is 1. The third kappa shape index (κ3) is 6.47. The van der Waals surface area contributed by atoms with Gasteiger partial charge in [0.25, 0.3) is 11.7 Å². The lowest BCUT2D eigenvalue weighted by atomic mass is 9.94. The number of methoxy groups -OCH3 is 1. The van der Waals surface area contributed by atoms with Gasteiger partial charge in [-0.2, -0.15) is 0 Å². The van der Waals surface area contributed by atoms with Gasteiger partial charge in [0.1, 0.15) is 11.5 Å². The Labute approximate surface area is 236 Å². The number of hydrogen-bond acceptors (Lipinski definition) is 6. The molecule has 4 rings (SSSR count). The predicted octanol–water partition coefficient (Wildman–Crippen LogP) is 6.33. The number of carbonyl (C=O) groups is 2. The minimum Gasteiger partial charge on any atom is -0.507 e. The number of amides is 1. The molecule has 0 spiro atoms. The first-order valence-electron chi connectivity index (χ1n) is 13.8. The van der Waals surface area contributed by atoms with Crippen molar-refractivity contribution in [2.45, 2.75) is 45.6 Å². The van der Waals surface area contributed by atoms with Crippen LogP contribution in [-0.4, -0.2) is 48.6 Å². The number of nitrogens with zero attached hydrogens (tertiary/aromatic N) is 1. The lowest BCUT2D eigenvalue weighted by molar-refractivity contribution is -0.139. The van der Waals surface area contributed by atoms with E-state index in [4.69, 9.17) is 14.2 Å². The number of Topliss-reactive ketones (excluding diaryl/α,β-unsaturated/α-hetero) is 1. The minimum atomic E-state index is -0.792. The predicted molar refractivity (Wildman–Crippen MR) is 155 cm³/mol. The molecule has 0 saturated carbocycles. The number of aliphatic hydroxyl groups excluding tert-OH is 1. The molecule has 0 aromatic heterocycles. The van der Waals surface area contributed by atoms with Crippen LogP contribution < -0.4 is 14.2 Å². The highest BCUT2D eigenvalue weighted by atomic mass is 16.5. The Kier molecular flexibility index (Phi) is 9.84. The molecule has 40 heavy (non-hydrogen) atoms. The molecule has 1 N–H and O–H groups in total. The molecule has 0 radical (unpaired) electrons. The number of carbonyl (C=O) groups excluding carboxylic acids is 2. The first-order valence-corrected chi connectivity index (χ1v) is 13.8. The summed E-state index contributed by atoms with van der Waals surface area (Å²) in [6.07, 6.45) is 3.66. The summed E-state index contributed by atoms with van der Waals surface area (Å²) in [7, 11) is 1.56. The van der Waals surface area contributed by atoms with E-state index in [0.29, 0.717) is 54.6 Å². The molecule has 0 aliphatic carbocycles. The summed E-state index contributed by atoms with van der Waals surface area (Å²) in [6.45, 7) is 5.33. The standard InChI is InChI=1S/C33H37NO6/c1-4-6-10-21-40-27-18-15-25(22-28(27)39-5-2)30-29(31(35)24-13-16-26(38-3)17-14-24)32(36)33(37)34(30)20-19-23-11-8-7-9-12-23/h7-9,11-18,22,30,35H,4-6,10,19-21H2,1-3H3. The lowest BCUT2D eigenvalue weighted by Gasteiger charge is -2.26. The van der Waals surface area contributed by atoms with Crippen molar-refractivity contribution in [3.8, 4) is 17.2 Å². The molecule has 1 heterocycles. The van der Waals surface area contributed by atoms with E-state index < -0.39 is 17.7 Å². The summed E-state index contributed by atoms with van der Waals surface area (Å²) in [6, 6.07) is 21.2. The first-order chi connectivity index (χ1) is 19.5. The third-order valence-corrected chi connectivity index (χ3v) is 6.98. The van der Waals surface area contributed by atoms with Crippen LogP contribution in [0.15, 0.2) is 78.4 Å². The van der Waals surface area contributed by atoms with E-state index in [-0.39, 0.29) is 11.3 Å². The van der Waals surface area contributed by atoms with Crippen molar-refractivity contribution in [3.05, 3.63) is 95.1 Å². The van der Waals surface area contributed by atoms with Gasteiger partial charge >= 0.3 is 0 Å². The van der Waals surface area contributed by atoms with Crippen molar-refractivity contribution >= 4 is 17.4 Å². The number of ether oxygens (including phenoxy) is 3. The molecule has 1 aliphatic heterocycles. The van der Waals surface area contributed by atoms with E-state index in [1.165, 1.54) is 4.90 Å². The monoisotopic (exact) mass is 543 g/mol. The van der Waals surface area contributed by atoms with E-state index in [1.807, 2.05) is 55.5 Å². The third-order valence-electron chi connectivity index (χ3n) is 6.98. The maximum Gasteiger partial charge on any atom is 0.295 e. The van der Waals surface area contributed by atoms with Crippen molar-refractivity contribution < 1.29 is 28.9 Å². The molecule has 1 unspecified atom stereocenters. The fourth-order valence-corrected chi connectivity index (χ4v) is 4.87. The van der Waals surface area contributed by atoms with Gasteiger partial charge in [0.2, 0.25) is 0 Å². The Balaban J connectivity index is 1.76. The van der Waals surface area contributed by atoms with Crippen LogP contribution in [0, 0.1) is 0 Å². The second kappa shape index (κ2) is 13.7. The largest absolute Gasteiger partial charge is 0.507 e. The van der Waals surface area contributed by atoms with Crippen LogP contribution in [-0.2, 0) is 16.0 Å². The smallest absolute Gasteiger partial charge is 0.295 e. The number of benzene rings is 3. The molecule has 1 fully saturated rings. The maximum atomic E-state index is 13.4. The van der Waals surface area contributed by atoms with Crippen molar-refractivity contribution in [2.75, 3.05) is 26.9 Å². The van der Waals surface area contributed by atoms with Crippen LogP contribution in [0.5, 0.6) is 17.2 Å². The molecular weight excluding hydrogens is 506 g/mol. The van der Waals surface area contributed by atoms with E-state index in [1.54, 1.807) is 31.4 Å². The summed E-state index contributed by atoms with van der Waals surface area (Å²) >= 11 is 0. The second-order valence-corrected chi connectivity index (χ2v) is 9.65. The molecule has 7 heteroatoms. The average Bonchev–Trinajstić information content (AvgIpc) is 3.24. The average molecular weight is 544 g/mol. The highest BCUT2D eigenvalue weighted by molar-refractivity contribution is 6.46. The Morgan fingerprint density at radius 2 is 1.65 bits per heavy atom. The fraction of sp³-hybridized carbons (Fsp3) is 0.333. The van der Waals surface area contributed by atoms with Gasteiger partial charge in [-0.05, 0) is 67.3 Å². The fourth-order valence-electron chi connectivity index (χ4n) is 4.87. The zero-order chi connectivity index (χ0) is 28.5. The Morgan fingerprint density at radius 3 is 2.33 bits per heavy atom. The van der Waals surface area contributed by atoms with Crippen LogP contribution in [0.2, 0.25) is 0 Å². The summed E-state index contributed by atoms with van der Waals surface area (Å²) < 4.78 is 17.1. The number of rotatable bonds is 13. The Morgan fingerprint density at radius 1 is 0.900 bits per heavy atom. The van der Waals surface area contributed by atoms with E-state index >= 15 is 0 Å². The highest BCUT2D eigenvalue weighted by Gasteiger charge is 2.46. The van der Waals surface area contributed by atoms with Gasteiger partial charge in [-0.1, -0.05) is 56.2 Å². The van der Waals surface area contributed by atoms with E-state index in [9.17, 15) is 14.7 Å². The van der Waals surface area contributed by atoms with Gasteiger partial charge in [-0.15, -0.1) is 0 Å². The summed E-state index contributed by atoms with van der Waals surface area (Å²) in [5.41, 5.74) is 2.17. The van der Waals surface area contributed by atoms with Crippen LogP contribution in [0.1, 0.15) is 55.8 Å². The lowest BCUT2D eigenvalue weighted by Crippen LogP contribution is -2.31. The van der Waals surface area contributed by atoms with Crippen LogP contribution in [0.3, 0.4) is 0 Å². The van der Waals surface area contributed by atoms with Gasteiger partial charge in [0.15, 0.2) is 11.5 Å². The zero-order valence-corrected chi connectivity index (χ0v) is 23.4. The topological polar surface area (TPSA) is 85.3 Å². The molecular formula is C33H37NO6. The number of hydrogen-bond donors (Lipinski definition) is 1. The molecule has 3 aromatic carbocycles. The van der Waals surface area contributed by atoms with E-state index in [2.05, 4.69) is 6.92 Å². The number of aliphatic hydroxyl groups is 1. The second-order valence-electron chi connectivity index (χ2n) is 9.65.